The van der Waals surface area contributed by atoms with Gasteiger partial charge in [-0.1, -0.05) is 23.4 Å². The molecule has 0 saturated carbocycles. The van der Waals surface area contributed by atoms with E-state index < -0.39 is 0 Å². The van der Waals surface area contributed by atoms with Crippen molar-refractivity contribution in [3.63, 3.8) is 0 Å². The second-order valence-corrected chi connectivity index (χ2v) is 4.78. The zero-order valence-electron chi connectivity index (χ0n) is 8.48. The fourth-order valence-electron chi connectivity index (χ4n) is 1.08. The molecule has 0 aromatic carbocycles. The number of rotatable bonds is 4. The van der Waals surface area contributed by atoms with Crippen LogP contribution in [0.15, 0.2) is 22.1 Å². The van der Waals surface area contributed by atoms with E-state index in [9.17, 15) is 0 Å². The topological polar surface area (TPSA) is 50.7 Å². The molecule has 7 heteroatoms. The summed E-state index contributed by atoms with van der Waals surface area (Å²) in [6.07, 6.45) is 1.91. The van der Waals surface area contributed by atoms with Gasteiger partial charge in [0.15, 0.2) is 5.16 Å². The van der Waals surface area contributed by atoms with E-state index in [4.69, 9.17) is 11.6 Å². The van der Waals surface area contributed by atoms with Crippen LogP contribution in [0.4, 0.5) is 5.82 Å². The van der Waals surface area contributed by atoms with E-state index in [2.05, 4.69) is 20.3 Å². The van der Waals surface area contributed by atoms with Gasteiger partial charge in [0.2, 0.25) is 0 Å². The van der Waals surface area contributed by atoms with E-state index in [1.807, 2.05) is 11.6 Å². The summed E-state index contributed by atoms with van der Waals surface area (Å²) in [6, 6.07) is 1.70. The Balaban J connectivity index is 2.06. The fourth-order valence-corrected chi connectivity index (χ4v) is 2.26. The van der Waals surface area contributed by atoms with Crippen molar-refractivity contribution >= 4 is 40.5 Å². The van der Waals surface area contributed by atoms with Crippen molar-refractivity contribution in [2.75, 3.05) is 11.6 Å². The predicted octanol–water partition coefficient (Wildman–Crippen LogP) is 2.92. The highest BCUT2D eigenvalue weighted by Gasteiger charge is 2.02. The molecule has 0 aliphatic rings. The van der Waals surface area contributed by atoms with E-state index in [0.717, 1.165) is 11.5 Å². The average Bonchev–Trinajstić information content (AvgIpc) is 2.78. The summed E-state index contributed by atoms with van der Waals surface area (Å²) >= 11 is 8.90. The fraction of sp³-hybridized carbons (Fsp3) is 0.222. The molecule has 0 unspecified atom stereocenters. The number of thiazole rings is 1. The van der Waals surface area contributed by atoms with Crippen molar-refractivity contribution in [2.24, 2.45) is 0 Å². The van der Waals surface area contributed by atoms with Gasteiger partial charge in [-0.2, -0.15) is 0 Å². The Morgan fingerprint density at radius 3 is 3.06 bits per heavy atom. The largest absolute Gasteiger partial charge is 0.364 e. The van der Waals surface area contributed by atoms with E-state index in [-0.39, 0.29) is 0 Å². The molecule has 0 fully saturated rings. The smallest absolute Gasteiger partial charge is 0.190 e. The number of anilines is 1. The molecule has 1 N–H and O–H groups in total. The Kier molecular flexibility index (Phi) is 3.98. The highest BCUT2D eigenvalue weighted by atomic mass is 35.5. The SMILES string of the molecule is CSc1nc(Cl)cc(NCc2cscn2)n1. The minimum absolute atomic E-state index is 0.445. The van der Waals surface area contributed by atoms with Gasteiger partial charge in [-0.3, -0.25) is 0 Å². The van der Waals surface area contributed by atoms with Gasteiger partial charge in [0.25, 0.3) is 0 Å². The van der Waals surface area contributed by atoms with Crippen molar-refractivity contribution < 1.29 is 0 Å². The van der Waals surface area contributed by atoms with E-state index in [1.165, 1.54) is 11.8 Å². The molecule has 0 bridgehead atoms. The Bertz CT molecular complexity index is 461. The van der Waals surface area contributed by atoms with Crippen molar-refractivity contribution in [1.29, 1.82) is 0 Å². The number of hydrogen-bond donors (Lipinski definition) is 1. The van der Waals surface area contributed by atoms with Crippen molar-refractivity contribution in [2.45, 2.75) is 11.7 Å². The second-order valence-electron chi connectivity index (χ2n) is 2.90. The Morgan fingerprint density at radius 2 is 2.38 bits per heavy atom. The minimum Gasteiger partial charge on any atom is -0.364 e. The van der Waals surface area contributed by atoms with Gasteiger partial charge < -0.3 is 5.32 Å². The zero-order valence-corrected chi connectivity index (χ0v) is 10.9. The number of nitrogens with one attached hydrogen (secondary N) is 1. The molecule has 0 saturated heterocycles. The number of hydrogen-bond acceptors (Lipinski definition) is 6. The quantitative estimate of drug-likeness (QED) is 0.527. The first-order valence-corrected chi connectivity index (χ1v) is 7.02. The lowest BCUT2D eigenvalue weighted by Crippen LogP contribution is -2.02. The maximum absolute atomic E-state index is 5.87. The van der Waals surface area contributed by atoms with Gasteiger partial charge in [-0.15, -0.1) is 11.3 Å². The number of nitrogens with zero attached hydrogens (tertiary/aromatic N) is 3. The summed E-state index contributed by atoms with van der Waals surface area (Å²) in [4.78, 5) is 12.5. The monoisotopic (exact) mass is 272 g/mol. The summed E-state index contributed by atoms with van der Waals surface area (Å²) in [5, 5.41) is 6.25. The lowest BCUT2D eigenvalue weighted by molar-refractivity contribution is 0.950. The minimum atomic E-state index is 0.445. The van der Waals surface area contributed by atoms with Gasteiger partial charge in [0, 0.05) is 11.4 Å². The first-order valence-electron chi connectivity index (χ1n) is 4.47. The third-order valence-corrected chi connectivity index (χ3v) is 3.17. The molecule has 2 heterocycles. The molecule has 0 aliphatic carbocycles. The third kappa shape index (κ3) is 3.07. The highest BCUT2D eigenvalue weighted by molar-refractivity contribution is 7.98. The van der Waals surface area contributed by atoms with Crippen LogP contribution in [0, 0.1) is 0 Å². The second kappa shape index (κ2) is 5.47. The average molecular weight is 273 g/mol. The van der Waals surface area contributed by atoms with Crippen LogP contribution in [-0.4, -0.2) is 21.2 Å². The van der Waals surface area contributed by atoms with E-state index in [0.29, 0.717) is 16.9 Å². The lowest BCUT2D eigenvalue weighted by atomic mass is 10.4. The maximum Gasteiger partial charge on any atom is 0.190 e. The van der Waals surface area contributed by atoms with E-state index >= 15 is 0 Å². The van der Waals surface area contributed by atoms with E-state index in [1.54, 1.807) is 22.9 Å². The number of halogens is 1. The molecule has 16 heavy (non-hydrogen) atoms. The standard InChI is InChI=1S/C9H9ClN4S2/c1-15-9-13-7(10)2-8(14-9)11-3-6-4-16-5-12-6/h2,4-5H,3H2,1H3,(H,11,13,14). The molecule has 4 nitrogen and oxygen atoms in total. The van der Waals surface area contributed by atoms with Crippen molar-refractivity contribution in [3.8, 4) is 0 Å². The molecule has 0 aliphatic heterocycles. The summed E-state index contributed by atoms with van der Waals surface area (Å²) < 4.78 is 0. The van der Waals surface area contributed by atoms with Gasteiger partial charge in [0.05, 0.1) is 17.7 Å². The molecule has 0 atom stereocenters. The molecule has 0 radical (unpaired) electrons. The normalized spacial score (nSPS) is 10.4. The first kappa shape index (κ1) is 11.6. The molecule has 84 valence electrons. The van der Waals surface area contributed by atoms with Crippen LogP contribution in [0.1, 0.15) is 5.69 Å². The summed E-state index contributed by atoms with van der Waals surface area (Å²) in [6.45, 7) is 0.644. The first-order chi connectivity index (χ1) is 7.78. The van der Waals surface area contributed by atoms with Crippen LogP contribution in [0.3, 0.4) is 0 Å². The van der Waals surface area contributed by atoms with Crippen LogP contribution in [-0.2, 0) is 6.54 Å². The molecular weight excluding hydrogens is 264 g/mol. The Morgan fingerprint density at radius 1 is 1.50 bits per heavy atom. The van der Waals surface area contributed by atoms with Gasteiger partial charge in [-0.05, 0) is 6.26 Å². The molecule has 2 rings (SSSR count). The van der Waals surface area contributed by atoms with Crippen LogP contribution in [0.5, 0.6) is 0 Å². The number of aromatic nitrogens is 3. The van der Waals surface area contributed by atoms with Crippen LogP contribution < -0.4 is 5.32 Å². The van der Waals surface area contributed by atoms with Crippen molar-refractivity contribution in [3.05, 3.63) is 27.8 Å². The summed E-state index contributed by atoms with van der Waals surface area (Å²) in [5.41, 5.74) is 2.79. The molecular formula is C9H9ClN4S2. The number of thioether (sulfide) groups is 1. The van der Waals surface area contributed by atoms with Crippen LogP contribution >= 0.6 is 34.7 Å². The molecule has 2 aromatic rings. The van der Waals surface area contributed by atoms with Gasteiger partial charge in [0.1, 0.15) is 11.0 Å². The highest BCUT2D eigenvalue weighted by Crippen LogP contribution is 2.17. The van der Waals surface area contributed by atoms with Gasteiger partial charge in [-0.25, -0.2) is 15.0 Å². The van der Waals surface area contributed by atoms with Crippen LogP contribution in [0.25, 0.3) is 0 Å². The van der Waals surface area contributed by atoms with Gasteiger partial charge >= 0.3 is 0 Å². The Labute approximate surface area is 106 Å². The third-order valence-electron chi connectivity index (χ3n) is 1.79. The molecule has 0 amide bonds. The maximum atomic E-state index is 5.87. The Hall–Kier alpha value is -0.850. The molecule has 2 aromatic heterocycles. The molecule has 0 spiro atoms. The van der Waals surface area contributed by atoms with Crippen molar-refractivity contribution in [1.82, 2.24) is 15.0 Å². The van der Waals surface area contributed by atoms with Crippen LogP contribution in [0.2, 0.25) is 5.15 Å². The zero-order chi connectivity index (χ0) is 11.4. The summed E-state index contributed by atoms with van der Waals surface area (Å²) in [7, 11) is 0. The predicted molar refractivity (Wildman–Crippen MR) is 68.3 cm³/mol. The lowest BCUT2D eigenvalue weighted by Gasteiger charge is -2.05. The summed E-state index contributed by atoms with van der Waals surface area (Å²) in [5.74, 6) is 0.720.